The van der Waals surface area contributed by atoms with Gasteiger partial charge in [0, 0.05) is 18.5 Å². The zero-order chi connectivity index (χ0) is 16.8. The summed E-state index contributed by atoms with van der Waals surface area (Å²) in [7, 11) is 0. The first kappa shape index (κ1) is 21.7. The lowest BCUT2D eigenvalue weighted by molar-refractivity contribution is -0.157. The molecule has 0 radical (unpaired) electrons. The highest BCUT2D eigenvalue weighted by Crippen LogP contribution is 2.37. The highest BCUT2D eigenvalue weighted by atomic mass is 35.5. The van der Waals surface area contributed by atoms with E-state index in [1.54, 1.807) is 6.07 Å². The van der Waals surface area contributed by atoms with Crippen molar-refractivity contribution >= 4 is 18.3 Å². The molecule has 0 saturated heterocycles. The summed E-state index contributed by atoms with van der Waals surface area (Å²) in [5.74, 6) is -2.44. The lowest BCUT2D eigenvalue weighted by Crippen LogP contribution is -2.49. The molecule has 132 valence electrons. The smallest absolute Gasteiger partial charge is 0.354 e. The van der Waals surface area contributed by atoms with Gasteiger partial charge in [0.05, 0.1) is 5.92 Å². The van der Waals surface area contributed by atoms with Crippen LogP contribution in [0.3, 0.4) is 0 Å². The number of carbonyl (C=O) groups excluding carboxylic acids is 1. The molecule has 0 fully saturated rings. The highest BCUT2D eigenvalue weighted by molar-refractivity contribution is 5.85. The molecule has 7 heteroatoms. The van der Waals surface area contributed by atoms with Crippen LogP contribution in [0.2, 0.25) is 0 Å². The molecular formula is C16H24ClF3N2O. The molecule has 3 N–H and O–H groups in total. The van der Waals surface area contributed by atoms with Crippen molar-refractivity contribution < 1.29 is 18.0 Å². The van der Waals surface area contributed by atoms with Crippen molar-refractivity contribution in [3.63, 3.8) is 0 Å². The first-order valence-electron chi connectivity index (χ1n) is 7.39. The number of benzene rings is 1. The van der Waals surface area contributed by atoms with Crippen molar-refractivity contribution in [1.82, 2.24) is 5.32 Å². The molecule has 1 aromatic carbocycles. The van der Waals surface area contributed by atoms with Crippen LogP contribution in [0.5, 0.6) is 0 Å². The lowest BCUT2D eigenvalue weighted by Gasteiger charge is -2.27. The number of nitrogens with one attached hydrogen (secondary N) is 1. The number of alkyl halides is 3. The predicted octanol–water partition coefficient (Wildman–Crippen LogP) is 3.78. The molecule has 0 bridgehead atoms. The zero-order valence-electron chi connectivity index (χ0n) is 13.3. The number of rotatable bonds is 7. The summed E-state index contributed by atoms with van der Waals surface area (Å²) in [6.07, 6.45) is -3.80. The largest absolute Gasteiger partial charge is 0.396 e. The monoisotopic (exact) mass is 352 g/mol. The van der Waals surface area contributed by atoms with E-state index in [1.165, 1.54) is 24.3 Å². The van der Waals surface area contributed by atoms with Gasteiger partial charge in [-0.05, 0) is 18.4 Å². The molecule has 0 heterocycles. The van der Waals surface area contributed by atoms with Crippen LogP contribution < -0.4 is 11.1 Å². The topological polar surface area (TPSA) is 55.1 Å². The van der Waals surface area contributed by atoms with Crippen LogP contribution in [0.4, 0.5) is 13.2 Å². The Labute approximate surface area is 141 Å². The fourth-order valence-electron chi connectivity index (χ4n) is 2.14. The molecule has 0 aliphatic carbocycles. The van der Waals surface area contributed by atoms with E-state index >= 15 is 0 Å². The van der Waals surface area contributed by atoms with E-state index in [0.717, 1.165) is 0 Å². The van der Waals surface area contributed by atoms with Crippen LogP contribution in [0.25, 0.3) is 0 Å². The van der Waals surface area contributed by atoms with Gasteiger partial charge in [0.1, 0.15) is 0 Å². The van der Waals surface area contributed by atoms with Gasteiger partial charge in [0.2, 0.25) is 5.91 Å². The van der Waals surface area contributed by atoms with Crippen molar-refractivity contribution in [2.75, 3.05) is 6.54 Å². The van der Waals surface area contributed by atoms with Gasteiger partial charge in [0.25, 0.3) is 0 Å². The summed E-state index contributed by atoms with van der Waals surface area (Å²) in [6, 6.07) is 7.48. The molecule has 1 aromatic rings. The van der Waals surface area contributed by atoms with E-state index in [9.17, 15) is 18.0 Å². The minimum atomic E-state index is -4.46. The van der Waals surface area contributed by atoms with E-state index in [0.29, 0.717) is 12.8 Å². The van der Waals surface area contributed by atoms with E-state index < -0.39 is 30.0 Å². The quantitative estimate of drug-likeness (QED) is 0.784. The number of nitrogens with two attached hydrogens (primary N) is 1. The summed E-state index contributed by atoms with van der Waals surface area (Å²) in [4.78, 5) is 11.9. The number of amides is 1. The first-order chi connectivity index (χ1) is 10.2. The Hall–Kier alpha value is -1.27. The molecule has 3 nitrogen and oxygen atoms in total. The number of hydrogen-bond acceptors (Lipinski definition) is 2. The maximum Gasteiger partial charge on any atom is 0.396 e. The highest BCUT2D eigenvalue weighted by Gasteiger charge is 2.41. The van der Waals surface area contributed by atoms with Gasteiger partial charge in [-0.2, -0.15) is 13.2 Å². The minimum absolute atomic E-state index is 0. The van der Waals surface area contributed by atoms with Gasteiger partial charge in [-0.15, -0.1) is 12.4 Å². The molecule has 0 aliphatic rings. The number of carbonyl (C=O) groups is 1. The van der Waals surface area contributed by atoms with Crippen molar-refractivity contribution in [1.29, 1.82) is 0 Å². The fourth-order valence-corrected chi connectivity index (χ4v) is 2.14. The van der Waals surface area contributed by atoms with Gasteiger partial charge >= 0.3 is 6.18 Å². The van der Waals surface area contributed by atoms with Crippen LogP contribution in [-0.4, -0.2) is 24.2 Å². The Morgan fingerprint density at radius 3 is 2.13 bits per heavy atom. The van der Waals surface area contributed by atoms with Crippen LogP contribution in [0.15, 0.2) is 30.3 Å². The third kappa shape index (κ3) is 6.79. The average Bonchev–Trinajstić information content (AvgIpc) is 2.50. The molecular weight excluding hydrogens is 329 g/mol. The Morgan fingerprint density at radius 1 is 1.17 bits per heavy atom. The van der Waals surface area contributed by atoms with E-state index in [2.05, 4.69) is 5.32 Å². The third-order valence-electron chi connectivity index (χ3n) is 4.03. The predicted molar refractivity (Wildman–Crippen MR) is 87.6 cm³/mol. The van der Waals surface area contributed by atoms with Gasteiger partial charge in [-0.25, -0.2) is 0 Å². The summed E-state index contributed by atoms with van der Waals surface area (Å²) in [5, 5.41) is 2.53. The SMILES string of the molecule is CCC(N)(CC)CNC(=O)CC(c1ccccc1)C(F)(F)F.Cl. The van der Waals surface area contributed by atoms with Crippen molar-refractivity contribution in [3.05, 3.63) is 35.9 Å². The van der Waals surface area contributed by atoms with Crippen LogP contribution in [0.1, 0.15) is 44.6 Å². The van der Waals surface area contributed by atoms with E-state index in [-0.39, 0.29) is 24.5 Å². The molecule has 1 rings (SSSR count). The first-order valence-corrected chi connectivity index (χ1v) is 7.39. The molecule has 1 atom stereocenters. The lowest BCUT2D eigenvalue weighted by atomic mass is 9.93. The second kappa shape index (κ2) is 9.13. The minimum Gasteiger partial charge on any atom is -0.354 e. The second-order valence-electron chi connectivity index (χ2n) is 5.56. The summed E-state index contributed by atoms with van der Waals surface area (Å²) < 4.78 is 39.5. The normalized spacial score (nSPS) is 13.1. The maximum absolute atomic E-state index is 13.2. The Morgan fingerprint density at radius 2 is 1.70 bits per heavy atom. The Bertz CT molecular complexity index is 476. The summed E-state index contributed by atoms with van der Waals surface area (Å²) >= 11 is 0. The van der Waals surface area contributed by atoms with E-state index in [4.69, 9.17) is 5.73 Å². The summed E-state index contributed by atoms with van der Waals surface area (Å²) in [6.45, 7) is 3.95. The molecule has 0 aromatic heterocycles. The number of hydrogen-bond donors (Lipinski definition) is 2. The molecule has 0 spiro atoms. The fraction of sp³-hybridized carbons (Fsp3) is 0.562. The van der Waals surface area contributed by atoms with Crippen molar-refractivity contribution in [3.8, 4) is 0 Å². The van der Waals surface area contributed by atoms with Gasteiger partial charge in [-0.1, -0.05) is 44.2 Å². The Balaban J connectivity index is 0.00000484. The molecule has 23 heavy (non-hydrogen) atoms. The third-order valence-corrected chi connectivity index (χ3v) is 4.03. The molecule has 1 amide bonds. The number of halogens is 4. The van der Waals surface area contributed by atoms with Crippen molar-refractivity contribution in [2.24, 2.45) is 5.73 Å². The molecule has 0 aliphatic heterocycles. The molecule has 0 saturated carbocycles. The van der Waals surface area contributed by atoms with Crippen LogP contribution >= 0.6 is 12.4 Å². The summed E-state index contributed by atoms with van der Waals surface area (Å²) in [5.41, 5.74) is 5.56. The van der Waals surface area contributed by atoms with Crippen LogP contribution in [0, 0.1) is 0 Å². The van der Waals surface area contributed by atoms with Gasteiger partial charge < -0.3 is 11.1 Å². The van der Waals surface area contributed by atoms with Crippen LogP contribution in [-0.2, 0) is 4.79 Å². The van der Waals surface area contributed by atoms with Gasteiger partial charge in [0.15, 0.2) is 0 Å². The maximum atomic E-state index is 13.2. The van der Waals surface area contributed by atoms with Crippen molar-refractivity contribution in [2.45, 2.75) is 50.7 Å². The van der Waals surface area contributed by atoms with Gasteiger partial charge in [-0.3, -0.25) is 4.79 Å². The van der Waals surface area contributed by atoms with E-state index in [1.807, 2.05) is 13.8 Å². The average molecular weight is 353 g/mol. The zero-order valence-corrected chi connectivity index (χ0v) is 14.1. The molecule has 1 unspecified atom stereocenters. The standard InChI is InChI=1S/C16H23F3N2O.ClH/c1-3-15(20,4-2)11-21-14(22)10-13(16(17,18)19)12-8-6-5-7-9-12;/h5-9,13H,3-4,10-11,20H2,1-2H3,(H,21,22);1H. The Kier molecular flexibility index (Phi) is 8.63. The second-order valence-corrected chi connectivity index (χ2v) is 5.56.